The third-order valence-electron chi connectivity index (χ3n) is 3.62. The molecule has 2 N–H and O–H groups in total. The molecule has 106 valence electrons. The summed E-state index contributed by atoms with van der Waals surface area (Å²) in [5.41, 5.74) is 1.38. The maximum absolute atomic E-state index is 12.4. The average molecular weight is 276 g/mol. The lowest BCUT2D eigenvalue weighted by Crippen LogP contribution is -2.50. The molecule has 1 aromatic rings. The van der Waals surface area contributed by atoms with Crippen molar-refractivity contribution in [3.8, 4) is 5.75 Å². The van der Waals surface area contributed by atoms with E-state index >= 15 is 0 Å². The van der Waals surface area contributed by atoms with Crippen molar-refractivity contribution < 1.29 is 19.4 Å². The van der Waals surface area contributed by atoms with Gasteiger partial charge in [-0.25, -0.2) is 0 Å². The number of carboxylic acids is 1. The van der Waals surface area contributed by atoms with E-state index in [1.807, 2.05) is 12.1 Å². The zero-order valence-electron chi connectivity index (χ0n) is 11.0. The molecule has 3 rings (SSSR count). The van der Waals surface area contributed by atoms with Crippen LogP contribution in [0.5, 0.6) is 5.75 Å². The van der Waals surface area contributed by atoms with Crippen molar-refractivity contribution >= 4 is 17.6 Å². The first-order chi connectivity index (χ1) is 9.65. The van der Waals surface area contributed by atoms with E-state index in [4.69, 9.17) is 9.84 Å². The summed E-state index contributed by atoms with van der Waals surface area (Å²) in [4.78, 5) is 24.7. The van der Waals surface area contributed by atoms with E-state index in [-0.39, 0.29) is 18.2 Å². The Hall–Kier alpha value is -2.24. The highest BCUT2D eigenvalue weighted by Crippen LogP contribution is 2.33. The Kier molecular flexibility index (Phi) is 3.22. The number of nitrogens with zero attached hydrogens (tertiary/aromatic N) is 1. The highest BCUT2D eigenvalue weighted by Gasteiger charge is 2.34. The SMILES string of the molecule is O=C(O)CC1CN(C(=O)c2cccc3c2OCCN3)C1. The molecule has 1 aromatic carbocycles. The average Bonchev–Trinajstić information content (AvgIpc) is 2.41. The molecule has 0 spiro atoms. The number of nitrogens with one attached hydrogen (secondary N) is 1. The van der Waals surface area contributed by atoms with Gasteiger partial charge in [-0.15, -0.1) is 0 Å². The van der Waals surface area contributed by atoms with Crippen molar-refractivity contribution in [3.05, 3.63) is 23.8 Å². The highest BCUT2D eigenvalue weighted by molar-refractivity contribution is 5.99. The van der Waals surface area contributed by atoms with E-state index in [0.29, 0.717) is 31.0 Å². The fourth-order valence-corrected chi connectivity index (χ4v) is 2.62. The summed E-state index contributed by atoms with van der Waals surface area (Å²) in [5, 5.41) is 11.9. The fraction of sp³-hybridized carbons (Fsp3) is 0.429. The van der Waals surface area contributed by atoms with Gasteiger partial charge in [0.2, 0.25) is 0 Å². The topological polar surface area (TPSA) is 78.9 Å². The lowest BCUT2D eigenvalue weighted by molar-refractivity contribution is -0.139. The molecule has 0 radical (unpaired) electrons. The van der Waals surface area contributed by atoms with E-state index in [9.17, 15) is 9.59 Å². The van der Waals surface area contributed by atoms with Crippen molar-refractivity contribution in [1.82, 2.24) is 4.90 Å². The second-order valence-corrected chi connectivity index (χ2v) is 5.13. The number of carbonyl (C=O) groups excluding carboxylic acids is 1. The summed E-state index contributed by atoms with van der Waals surface area (Å²) < 4.78 is 5.58. The van der Waals surface area contributed by atoms with Gasteiger partial charge in [0, 0.05) is 25.6 Å². The van der Waals surface area contributed by atoms with Crippen LogP contribution in [0.15, 0.2) is 18.2 Å². The number of hydrogen-bond acceptors (Lipinski definition) is 4. The summed E-state index contributed by atoms with van der Waals surface area (Å²) in [7, 11) is 0. The number of rotatable bonds is 3. The molecule has 2 heterocycles. The first kappa shape index (κ1) is 12.8. The van der Waals surface area contributed by atoms with E-state index in [2.05, 4.69) is 5.32 Å². The number of para-hydroxylation sites is 1. The third-order valence-corrected chi connectivity index (χ3v) is 3.62. The van der Waals surface area contributed by atoms with Crippen molar-refractivity contribution in [1.29, 1.82) is 0 Å². The minimum Gasteiger partial charge on any atom is -0.489 e. The molecule has 6 nitrogen and oxygen atoms in total. The molecule has 0 atom stereocenters. The van der Waals surface area contributed by atoms with Gasteiger partial charge in [0.15, 0.2) is 5.75 Å². The number of ether oxygens (including phenoxy) is 1. The van der Waals surface area contributed by atoms with Gasteiger partial charge in [0.1, 0.15) is 6.61 Å². The van der Waals surface area contributed by atoms with Crippen LogP contribution in [0.3, 0.4) is 0 Å². The zero-order chi connectivity index (χ0) is 14.1. The van der Waals surface area contributed by atoms with Gasteiger partial charge in [-0.1, -0.05) is 6.07 Å². The Morgan fingerprint density at radius 3 is 2.95 bits per heavy atom. The Labute approximate surface area is 116 Å². The van der Waals surface area contributed by atoms with Crippen LogP contribution in [0, 0.1) is 5.92 Å². The van der Waals surface area contributed by atoms with Gasteiger partial charge >= 0.3 is 5.97 Å². The highest BCUT2D eigenvalue weighted by atomic mass is 16.5. The smallest absolute Gasteiger partial charge is 0.303 e. The standard InChI is InChI=1S/C14H16N2O4/c17-12(18)6-9-7-16(8-9)14(19)10-2-1-3-11-13(10)20-5-4-15-11/h1-3,9,15H,4-8H2,(H,17,18). The predicted octanol–water partition coefficient (Wildman–Crippen LogP) is 1.04. The molecule has 20 heavy (non-hydrogen) atoms. The summed E-state index contributed by atoms with van der Waals surface area (Å²) in [6, 6.07) is 5.45. The quantitative estimate of drug-likeness (QED) is 0.862. The summed E-state index contributed by atoms with van der Waals surface area (Å²) in [6.07, 6.45) is 0.120. The number of anilines is 1. The summed E-state index contributed by atoms with van der Waals surface area (Å²) in [6.45, 7) is 2.28. The molecule has 0 bridgehead atoms. The van der Waals surface area contributed by atoms with Gasteiger partial charge in [-0.2, -0.15) is 0 Å². The molecule has 1 saturated heterocycles. The van der Waals surface area contributed by atoms with Crippen LogP contribution in [-0.4, -0.2) is 48.1 Å². The maximum Gasteiger partial charge on any atom is 0.303 e. The minimum absolute atomic E-state index is 0.0648. The molecule has 1 fully saturated rings. The lowest BCUT2D eigenvalue weighted by atomic mass is 9.95. The molecule has 6 heteroatoms. The molecular formula is C14H16N2O4. The van der Waals surface area contributed by atoms with Crippen LogP contribution in [0.25, 0.3) is 0 Å². The minimum atomic E-state index is -0.813. The predicted molar refractivity (Wildman–Crippen MR) is 72.1 cm³/mol. The third kappa shape index (κ3) is 2.29. The molecular weight excluding hydrogens is 260 g/mol. The van der Waals surface area contributed by atoms with E-state index in [0.717, 1.165) is 12.2 Å². The number of hydrogen-bond donors (Lipinski definition) is 2. The first-order valence-electron chi connectivity index (χ1n) is 6.66. The zero-order valence-corrected chi connectivity index (χ0v) is 11.0. The van der Waals surface area contributed by atoms with Gasteiger partial charge in [-0.05, 0) is 12.1 Å². The van der Waals surface area contributed by atoms with Crippen LogP contribution in [-0.2, 0) is 4.79 Å². The van der Waals surface area contributed by atoms with E-state index < -0.39 is 5.97 Å². The number of aliphatic carboxylic acids is 1. The lowest BCUT2D eigenvalue weighted by Gasteiger charge is -2.39. The van der Waals surface area contributed by atoms with Crippen molar-refractivity contribution in [2.45, 2.75) is 6.42 Å². The summed E-state index contributed by atoms with van der Waals surface area (Å²) in [5.74, 6) is -0.237. The van der Waals surface area contributed by atoms with Crippen molar-refractivity contribution in [2.24, 2.45) is 5.92 Å². The van der Waals surface area contributed by atoms with Crippen molar-refractivity contribution in [3.63, 3.8) is 0 Å². The molecule has 2 aliphatic rings. The van der Waals surface area contributed by atoms with Crippen LogP contribution in [0.4, 0.5) is 5.69 Å². The van der Waals surface area contributed by atoms with Gasteiger partial charge in [0.25, 0.3) is 5.91 Å². The first-order valence-corrected chi connectivity index (χ1v) is 6.66. The Bertz CT molecular complexity index is 552. The van der Waals surface area contributed by atoms with Crippen LogP contribution in [0.2, 0.25) is 0 Å². The van der Waals surface area contributed by atoms with Crippen LogP contribution < -0.4 is 10.1 Å². The number of carboxylic acid groups (broad SMARTS) is 1. The largest absolute Gasteiger partial charge is 0.489 e. The van der Waals surface area contributed by atoms with Gasteiger partial charge in [0.05, 0.1) is 17.7 Å². The molecule has 2 aliphatic heterocycles. The molecule has 1 amide bonds. The second-order valence-electron chi connectivity index (χ2n) is 5.13. The van der Waals surface area contributed by atoms with E-state index in [1.165, 1.54) is 0 Å². The normalized spacial score (nSPS) is 17.5. The number of carbonyl (C=O) groups is 2. The Morgan fingerprint density at radius 1 is 1.40 bits per heavy atom. The molecule has 0 unspecified atom stereocenters. The molecule has 0 aromatic heterocycles. The second kappa shape index (κ2) is 5.03. The fourth-order valence-electron chi connectivity index (χ4n) is 2.62. The summed E-state index contributed by atoms with van der Waals surface area (Å²) >= 11 is 0. The Balaban J connectivity index is 1.71. The van der Waals surface area contributed by atoms with Crippen molar-refractivity contribution in [2.75, 3.05) is 31.6 Å². The number of fused-ring (bicyclic) bond motifs is 1. The number of benzene rings is 1. The Morgan fingerprint density at radius 2 is 2.20 bits per heavy atom. The number of amides is 1. The van der Waals surface area contributed by atoms with E-state index in [1.54, 1.807) is 11.0 Å². The number of likely N-dealkylation sites (tertiary alicyclic amines) is 1. The monoisotopic (exact) mass is 276 g/mol. The van der Waals surface area contributed by atoms with Crippen LogP contribution in [0.1, 0.15) is 16.8 Å². The molecule has 0 aliphatic carbocycles. The van der Waals surface area contributed by atoms with Crippen LogP contribution >= 0.6 is 0 Å². The molecule has 0 saturated carbocycles. The van der Waals surface area contributed by atoms with Gasteiger partial charge < -0.3 is 20.1 Å². The van der Waals surface area contributed by atoms with Gasteiger partial charge in [-0.3, -0.25) is 9.59 Å². The maximum atomic E-state index is 12.4.